The summed E-state index contributed by atoms with van der Waals surface area (Å²) >= 11 is 0. The Labute approximate surface area is 105 Å². The fourth-order valence-corrected chi connectivity index (χ4v) is 2.65. The summed E-state index contributed by atoms with van der Waals surface area (Å²) in [6, 6.07) is 8.72. The number of hydrogen-bond acceptors (Lipinski definition) is 2. The fraction of sp³-hybridized carbons (Fsp3) is 0.600. The SMILES string of the molecule is CC(N)c1ccccc1N1CCCCCCC1. The van der Waals surface area contributed by atoms with Gasteiger partial charge in [0, 0.05) is 24.8 Å². The molecule has 0 aliphatic carbocycles. The van der Waals surface area contributed by atoms with Crippen molar-refractivity contribution in [2.75, 3.05) is 18.0 Å². The Morgan fingerprint density at radius 3 is 2.24 bits per heavy atom. The molecule has 0 aromatic heterocycles. The number of nitrogens with two attached hydrogens (primary N) is 1. The van der Waals surface area contributed by atoms with Crippen molar-refractivity contribution in [2.45, 2.75) is 45.1 Å². The van der Waals surface area contributed by atoms with Crippen LogP contribution in [0, 0.1) is 0 Å². The van der Waals surface area contributed by atoms with E-state index in [1.54, 1.807) is 0 Å². The highest BCUT2D eigenvalue weighted by molar-refractivity contribution is 5.54. The van der Waals surface area contributed by atoms with E-state index in [1.165, 1.54) is 56.4 Å². The number of hydrogen-bond donors (Lipinski definition) is 1. The molecule has 1 heterocycles. The molecule has 1 aliphatic rings. The van der Waals surface area contributed by atoms with Crippen molar-refractivity contribution in [3.8, 4) is 0 Å². The van der Waals surface area contributed by atoms with Crippen molar-refractivity contribution in [2.24, 2.45) is 5.73 Å². The van der Waals surface area contributed by atoms with E-state index in [9.17, 15) is 0 Å². The quantitative estimate of drug-likeness (QED) is 0.846. The largest absolute Gasteiger partial charge is 0.371 e. The van der Waals surface area contributed by atoms with E-state index in [0.717, 1.165) is 0 Å². The maximum Gasteiger partial charge on any atom is 0.0414 e. The van der Waals surface area contributed by atoms with Gasteiger partial charge in [0.25, 0.3) is 0 Å². The lowest BCUT2D eigenvalue weighted by atomic mass is 10.0. The van der Waals surface area contributed by atoms with Crippen LogP contribution >= 0.6 is 0 Å². The molecule has 94 valence electrons. The van der Waals surface area contributed by atoms with E-state index >= 15 is 0 Å². The van der Waals surface area contributed by atoms with Gasteiger partial charge in [-0.25, -0.2) is 0 Å². The standard InChI is InChI=1S/C15H24N2/c1-13(16)14-9-5-6-10-15(14)17-11-7-3-2-4-8-12-17/h5-6,9-10,13H,2-4,7-8,11-12,16H2,1H3. The van der Waals surface area contributed by atoms with Crippen LogP contribution in [-0.2, 0) is 0 Å². The third kappa shape index (κ3) is 3.22. The lowest BCUT2D eigenvalue weighted by Crippen LogP contribution is -2.28. The number of para-hydroxylation sites is 1. The van der Waals surface area contributed by atoms with Crippen molar-refractivity contribution >= 4 is 5.69 Å². The summed E-state index contributed by atoms with van der Waals surface area (Å²) < 4.78 is 0. The molecule has 1 saturated heterocycles. The van der Waals surface area contributed by atoms with Gasteiger partial charge in [-0.05, 0) is 31.4 Å². The van der Waals surface area contributed by atoms with Crippen LogP contribution in [0.25, 0.3) is 0 Å². The molecule has 2 N–H and O–H groups in total. The van der Waals surface area contributed by atoms with Crippen molar-refractivity contribution in [3.63, 3.8) is 0 Å². The van der Waals surface area contributed by atoms with E-state index in [-0.39, 0.29) is 6.04 Å². The molecule has 1 aromatic rings. The highest BCUT2D eigenvalue weighted by atomic mass is 15.1. The predicted molar refractivity (Wildman–Crippen MR) is 74.3 cm³/mol. The first-order chi connectivity index (χ1) is 8.29. The summed E-state index contributed by atoms with van der Waals surface area (Å²) in [6.07, 6.45) is 6.77. The highest BCUT2D eigenvalue weighted by Crippen LogP contribution is 2.26. The molecular weight excluding hydrogens is 208 g/mol. The highest BCUT2D eigenvalue weighted by Gasteiger charge is 2.14. The Morgan fingerprint density at radius 1 is 1.00 bits per heavy atom. The van der Waals surface area contributed by atoms with Crippen LogP contribution in [0.3, 0.4) is 0 Å². The molecule has 0 bridgehead atoms. The van der Waals surface area contributed by atoms with Gasteiger partial charge >= 0.3 is 0 Å². The Morgan fingerprint density at radius 2 is 1.59 bits per heavy atom. The second-order valence-corrected chi connectivity index (χ2v) is 5.10. The Kier molecular flexibility index (Phi) is 4.43. The van der Waals surface area contributed by atoms with Crippen molar-refractivity contribution < 1.29 is 0 Å². The van der Waals surface area contributed by atoms with Gasteiger partial charge in [-0.15, -0.1) is 0 Å². The molecule has 0 saturated carbocycles. The summed E-state index contributed by atoms with van der Waals surface area (Å²) in [5.74, 6) is 0. The molecule has 2 heteroatoms. The first-order valence-electron chi connectivity index (χ1n) is 6.88. The van der Waals surface area contributed by atoms with Crippen LogP contribution in [0.1, 0.15) is 50.6 Å². The van der Waals surface area contributed by atoms with Crippen molar-refractivity contribution in [3.05, 3.63) is 29.8 Å². The van der Waals surface area contributed by atoms with Crippen LogP contribution in [-0.4, -0.2) is 13.1 Å². The second-order valence-electron chi connectivity index (χ2n) is 5.10. The van der Waals surface area contributed by atoms with Gasteiger partial charge in [0.05, 0.1) is 0 Å². The molecule has 1 unspecified atom stereocenters. The topological polar surface area (TPSA) is 29.3 Å². The van der Waals surface area contributed by atoms with Crippen LogP contribution in [0.4, 0.5) is 5.69 Å². The molecule has 1 aliphatic heterocycles. The van der Waals surface area contributed by atoms with Gasteiger partial charge in [-0.3, -0.25) is 0 Å². The van der Waals surface area contributed by atoms with Crippen LogP contribution in [0.15, 0.2) is 24.3 Å². The summed E-state index contributed by atoms with van der Waals surface area (Å²) in [6.45, 7) is 4.44. The Hall–Kier alpha value is -1.02. The first-order valence-corrected chi connectivity index (χ1v) is 6.88. The molecular formula is C15H24N2. The Bertz CT molecular complexity index is 339. The molecule has 0 amide bonds. The number of nitrogens with zero attached hydrogens (tertiary/aromatic N) is 1. The molecule has 1 fully saturated rings. The van der Waals surface area contributed by atoms with Crippen LogP contribution in [0.5, 0.6) is 0 Å². The number of benzene rings is 1. The maximum atomic E-state index is 6.06. The predicted octanol–water partition coefficient (Wildman–Crippen LogP) is 3.48. The second kappa shape index (κ2) is 6.06. The summed E-state index contributed by atoms with van der Waals surface area (Å²) in [5, 5.41) is 0. The van der Waals surface area contributed by atoms with E-state index in [1.807, 2.05) is 0 Å². The van der Waals surface area contributed by atoms with Gasteiger partial charge in [-0.2, -0.15) is 0 Å². The molecule has 0 spiro atoms. The third-order valence-electron chi connectivity index (χ3n) is 3.62. The van der Waals surface area contributed by atoms with Gasteiger partial charge in [0.2, 0.25) is 0 Å². The summed E-state index contributed by atoms with van der Waals surface area (Å²) in [7, 11) is 0. The monoisotopic (exact) mass is 232 g/mol. The number of rotatable bonds is 2. The third-order valence-corrected chi connectivity index (χ3v) is 3.62. The average molecular weight is 232 g/mol. The van der Waals surface area contributed by atoms with Crippen LogP contribution < -0.4 is 10.6 Å². The van der Waals surface area contributed by atoms with Gasteiger partial charge in [-0.1, -0.05) is 37.5 Å². The Balaban J connectivity index is 2.18. The van der Waals surface area contributed by atoms with E-state index < -0.39 is 0 Å². The molecule has 2 rings (SSSR count). The van der Waals surface area contributed by atoms with Crippen LogP contribution in [0.2, 0.25) is 0 Å². The minimum Gasteiger partial charge on any atom is -0.371 e. The van der Waals surface area contributed by atoms with E-state index in [0.29, 0.717) is 0 Å². The molecule has 1 atom stereocenters. The van der Waals surface area contributed by atoms with E-state index in [4.69, 9.17) is 5.73 Å². The molecule has 2 nitrogen and oxygen atoms in total. The van der Waals surface area contributed by atoms with Gasteiger partial charge < -0.3 is 10.6 Å². The smallest absolute Gasteiger partial charge is 0.0414 e. The molecule has 1 aromatic carbocycles. The maximum absolute atomic E-state index is 6.06. The summed E-state index contributed by atoms with van der Waals surface area (Å²) in [5.41, 5.74) is 8.70. The summed E-state index contributed by atoms with van der Waals surface area (Å²) in [4.78, 5) is 2.53. The normalized spacial score (nSPS) is 19.5. The average Bonchev–Trinajstić information content (AvgIpc) is 2.28. The van der Waals surface area contributed by atoms with Gasteiger partial charge in [0.15, 0.2) is 0 Å². The lowest BCUT2D eigenvalue weighted by Gasteiger charge is -2.29. The van der Waals surface area contributed by atoms with Crippen molar-refractivity contribution in [1.29, 1.82) is 0 Å². The zero-order valence-corrected chi connectivity index (χ0v) is 10.9. The minimum absolute atomic E-state index is 0.122. The zero-order chi connectivity index (χ0) is 12.1. The first kappa shape index (κ1) is 12.4. The lowest BCUT2D eigenvalue weighted by molar-refractivity contribution is 0.555. The molecule has 17 heavy (non-hydrogen) atoms. The minimum atomic E-state index is 0.122. The number of anilines is 1. The fourth-order valence-electron chi connectivity index (χ4n) is 2.65. The zero-order valence-electron chi connectivity index (χ0n) is 10.9. The van der Waals surface area contributed by atoms with Crippen molar-refractivity contribution in [1.82, 2.24) is 0 Å². The molecule has 0 radical (unpaired) electrons. The van der Waals surface area contributed by atoms with E-state index in [2.05, 4.69) is 36.1 Å². The van der Waals surface area contributed by atoms with Gasteiger partial charge in [0.1, 0.15) is 0 Å².